The van der Waals surface area contributed by atoms with Crippen molar-refractivity contribution in [3.05, 3.63) is 18.0 Å². The number of aryl methyl sites for hydroxylation is 1. The Balaban J connectivity index is 2.56. The number of hydrogen-bond acceptors (Lipinski definition) is 3. The van der Waals surface area contributed by atoms with Crippen LogP contribution in [0.2, 0.25) is 0 Å². The first kappa shape index (κ1) is 18.2. The van der Waals surface area contributed by atoms with Gasteiger partial charge in [-0.3, -0.25) is 0 Å². The quantitative estimate of drug-likeness (QED) is 0.616. The first-order valence-corrected chi connectivity index (χ1v) is 9.35. The van der Waals surface area contributed by atoms with Crippen LogP contribution in [0.15, 0.2) is 17.2 Å². The van der Waals surface area contributed by atoms with Gasteiger partial charge in [0.25, 0.3) is 0 Å². The SMILES string of the molecule is CCCCCCNS(=O)(=O)c1cc(CNCCC)n(C)c1. The number of unbranched alkanes of at least 4 members (excludes halogenated alkanes) is 3. The molecule has 1 aromatic heterocycles. The van der Waals surface area contributed by atoms with E-state index in [1.165, 1.54) is 0 Å². The largest absolute Gasteiger partial charge is 0.352 e. The van der Waals surface area contributed by atoms with Crippen LogP contribution in [-0.2, 0) is 23.6 Å². The smallest absolute Gasteiger partial charge is 0.242 e. The summed E-state index contributed by atoms with van der Waals surface area (Å²) in [5, 5.41) is 3.29. The van der Waals surface area contributed by atoms with Crippen molar-refractivity contribution in [1.29, 1.82) is 0 Å². The van der Waals surface area contributed by atoms with Gasteiger partial charge in [-0.05, 0) is 25.5 Å². The molecule has 6 heteroatoms. The minimum absolute atomic E-state index is 0.355. The molecular weight excluding hydrogens is 286 g/mol. The van der Waals surface area contributed by atoms with Gasteiger partial charge in [0, 0.05) is 32.0 Å². The van der Waals surface area contributed by atoms with E-state index in [1.54, 1.807) is 12.3 Å². The predicted octanol–water partition coefficient (Wildman–Crippen LogP) is 2.38. The van der Waals surface area contributed by atoms with Crippen molar-refractivity contribution in [3.8, 4) is 0 Å². The molecule has 1 heterocycles. The molecule has 0 saturated carbocycles. The van der Waals surface area contributed by atoms with E-state index < -0.39 is 10.0 Å². The Morgan fingerprint density at radius 1 is 1.10 bits per heavy atom. The standard InChI is InChI=1S/C15H29N3O2S/c1-4-6-7-8-10-17-21(19,20)15-11-14(18(3)13-15)12-16-9-5-2/h11,13,16-17H,4-10,12H2,1-3H3. The molecule has 122 valence electrons. The van der Waals surface area contributed by atoms with Crippen molar-refractivity contribution in [2.45, 2.75) is 57.4 Å². The zero-order valence-corrected chi connectivity index (χ0v) is 14.3. The van der Waals surface area contributed by atoms with Crippen LogP contribution in [0.3, 0.4) is 0 Å². The number of nitrogens with one attached hydrogen (secondary N) is 2. The summed E-state index contributed by atoms with van der Waals surface area (Å²) in [7, 11) is -1.50. The number of sulfonamides is 1. The van der Waals surface area contributed by atoms with Gasteiger partial charge < -0.3 is 9.88 Å². The molecule has 21 heavy (non-hydrogen) atoms. The highest BCUT2D eigenvalue weighted by Gasteiger charge is 2.16. The molecule has 0 bridgehead atoms. The van der Waals surface area contributed by atoms with Crippen LogP contribution in [-0.4, -0.2) is 26.1 Å². The van der Waals surface area contributed by atoms with E-state index in [2.05, 4.69) is 23.9 Å². The van der Waals surface area contributed by atoms with Gasteiger partial charge in [-0.15, -0.1) is 0 Å². The van der Waals surface area contributed by atoms with Gasteiger partial charge in [0.1, 0.15) is 0 Å². The minimum atomic E-state index is -3.38. The van der Waals surface area contributed by atoms with Gasteiger partial charge in [-0.25, -0.2) is 13.1 Å². The van der Waals surface area contributed by atoms with E-state index in [0.29, 0.717) is 18.0 Å². The summed E-state index contributed by atoms with van der Waals surface area (Å²) >= 11 is 0. The summed E-state index contributed by atoms with van der Waals surface area (Å²) in [5.41, 5.74) is 0.981. The maximum Gasteiger partial charge on any atom is 0.242 e. The van der Waals surface area contributed by atoms with Gasteiger partial charge in [-0.2, -0.15) is 0 Å². The van der Waals surface area contributed by atoms with Crippen molar-refractivity contribution in [2.75, 3.05) is 13.1 Å². The van der Waals surface area contributed by atoms with E-state index in [9.17, 15) is 8.42 Å². The summed E-state index contributed by atoms with van der Waals surface area (Å²) in [6.07, 6.45) is 7.01. The fourth-order valence-electron chi connectivity index (χ4n) is 2.13. The van der Waals surface area contributed by atoms with E-state index in [1.807, 2.05) is 11.6 Å². The van der Waals surface area contributed by atoms with E-state index >= 15 is 0 Å². The van der Waals surface area contributed by atoms with Crippen LogP contribution in [0.1, 0.15) is 51.6 Å². The first-order valence-electron chi connectivity index (χ1n) is 7.87. The lowest BCUT2D eigenvalue weighted by molar-refractivity contribution is 0.573. The highest BCUT2D eigenvalue weighted by atomic mass is 32.2. The maximum atomic E-state index is 12.2. The predicted molar refractivity (Wildman–Crippen MR) is 86.7 cm³/mol. The lowest BCUT2D eigenvalue weighted by Gasteiger charge is -2.04. The van der Waals surface area contributed by atoms with Gasteiger partial charge in [0.05, 0.1) is 4.90 Å². The first-order chi connectivity index (χ1) is 10.0. The molecule has 0 aromatic carbocycles. The molecule has 0 aliphatic rings. The fraction of sp³-hybridized carbons (Fsp3) is 0.733. The Kier molecular flexibility index (Phi) is 8.00. The highest BCUT2D eigenvalue weighted by molar-refractivity contribution is 7.89. The van der Waals surface area contributed by atoms with Crippen molar-refractivity contribution in [2.24, 2.45) is 7.05 Å². The normalized spacial score (nSPS) is 12.0. The molecule has 0 saturated heterocycles. The molecule has 0 unspecified atom stereocenters. The second-order valence-corrected chi connectivity index (χ2v) is 7.18. The summed E-state index contributed by atoms with van der Waals surface area (Å²) in [4.78, 5) is 0.355. The lowest BCUT2D eigenvalue weighted by Crippen LogP contribution is -2.24. The van der Waals surface area contributed by atoms with Crippen LogP contribution < -0.4 is 10.0 Å². The van der Waals surface area contributed by atoms with E-state index in [4.69, 9.17) is 0 Å². The Labute approximate surface area is 129 Å². The van der Waals surface area contributed by atoms with Crippen LogP contribution in [0.4, 0.5) is 0 Å². The number of aromatic nitrogens is 1. The second kappa shape index (κ2) is 9.23. The van der Waals surface area contributed by atoms with Crippen molar-refractivity contribution >= 4 is 10.0 Å². The lowest BCUT2D eigenvalue weighted by atomic mass is 10.2. The van der Waals surface area contributed by atoms with Crippen LogP contribution >= 0.6 is 0 Å². The van der Waals surface area contributed by atoms with E-state index in [-0.39, 0.29) is 0 Å². The fourth-order valence-corrected chi connectivity index (χ4v) is 3.30. The summed E-state index contributed by atoms with van der Waals surface area (Å²) < 4.78 is 29.0. The zero-order chi connectivity index (χ0) is 15.7. The molecule has 2 N–H and O–H groups in total. The molecule has 0 atom stereocenters. The van der Waals surface area contributed by atoms with Crippen molar-refractivity contribution in [3.63, 3.8) is 0 Å². The number of nitrogens with zero attached hydrogens (tertiary/aromatic N) is 1. The molecule has 1 aromatic rings. The van der Waals surface area contributed by atoms with Gasteiger partial charge in [-0.1, -0.05) is 33.1 Å². The molecule has 0 aliphatic heterocycles. The zero-order valence-electron chi connectivity index (χ0n) is 13.5. The summed E-state index contributed by atoms with van der Waals surface area (Å²) in [6, 6.07) is 1.75. The van der Waals surface area contributed by atoms with Crippen LogP contribution in [0.25, 0.3) is 0 Å². The minimum Gasteiger partial charge on any atom is -0.352 e. The van der Waals surface area contributed by atoms with Crippen LogP contribution in [0, 0.1) is 0 Å². The monoisotopic (exact) mass is 315 g/mol. The summed E-state index contributed by atoms with van der Waals surface area (Å²) in [6.45, 7) is 6.39. The Morgan fingerprint density at radius 2 is 1.86 bits per heavy atom. The van der Waals surface area contributed by atoms with Crippen molar-refractivity contribution < 1.29 is 8.42 Å². The molecule has 0 amide bonds. The number of rotatable bonds is 11. The summed E-state index contributed by atoms with van der Waals surface area (Å²) in [5.74, 6) is 0. The second-order valence-electron chi connectivity index (χ2n) is 5.41. The Hall–Kier alpha value is -0.850. The molecule has 0 radical (unpaired) electrons. The molecule has 0 fully saturated rings. The topological polar surface area (TPSA) is 63.1 Å². The Morgan fingerprint density at radius 3 is 2.52 bits per heavy atom. The highest BCUT2D eigenvalue weighted by Crippen LogP contribution is 2.13. The van der Waals surface area contributed by atoms with Crippen molar-refractivity contribution in [1.82, 2.24) is 14.6 Å². The van der Waals surface area contributed by atoms with Crippen LogP contribution in [0.5, 0.6) is 0 Å². The number of hydrogen-bond donors (Lipinski definition) is 2. The average Bonchev–Trinajstić information content (AvgIpc) is 2.81. The average molecular weight is 315 g/mol. The van der Waals surface area contributed by atoms with E-state index in [0.717, 1.165) is 44.3 Å². The molecule has 0 aliphatic carbocycles. The van der Waals surface area contributed by atoms with Gasteiger partial charge in [0.2, 0.25) is 10.0 Å². The molecular formula is C15H29N3O2S. The third-order valence-electron chi connectivity index (χ3n) is 3.45. The maximum absolute atomic E-state index is 12.2. The molecule has 1 rings (SSSR count). The van der Waals surface area contributed by atoms with Gasteiger partial charge in [0.15, 0.2) is 0 Å². The third-order valence-corrected chi connectivity index (χ3v) is 4.88. The molecule has 0 spiro atoms. The Bertz CT molecular complexity index is 509. The molecule has 5 nitrogen and oxygen atoms in total. The third kappa shape index (κ3) is 6.20. The van der Waals surface area contributed by atoms with Gasteiger partial charge >= 0.3 is 0 Å².